The van der Waals surface area contributed by atoms with Crippen LogP contribution in [0, 0.1) is 17.7 Å². The smallest absolute Gasteiger partial charge is 0.124 e. The van der Waals surface area contributed by atoms with Gasteiger partial charge in [-0.25, -0.2) is 4.39 Å². The van der Waals surface area contributed by atoms with E-state index in [-0.39, 0.29) is 11.4 Å². The summed E-state index contributed by atoms with van der Waals surface area (Å²) in [6.07, 6.45) is 4.96. The zero-order chi connectivity index (χ0) is 11.3. The third kappa shape index (κ3) is 1.45. The molecule has 0 aromatic heterocycles. The van der Waals surface area contributed by atoms with Crippen LogP contribution in [0.2, 0.25) is 0 Å². The van der Waals surface area contributed by atoms with E-state index >= 15 is 0 Å². The minimum absolute atomic E-state index is 0.196. The maximum absolute atomic E-state index is 13.4. The first-order valence-corrected chi connectivity index (χ1v) is 6.67. The maximum atomic E-state index is 13.4. The number of benzene rings is 1. The molecule has 2 saturated carbocycles. The molecule has 1 aromatic carbocycles. The van der Waals surface area contributed by atoms with Crippen LogP contribution in [0.1, 0.15) is 31.2 Å². The lowest BCUT2D eigenvalue weighted by molar-refractivity contribution is 0.480. The number of halogens is 2. The molecule has 16 heavy (non-hydrogen) atoms. The van der Waals surface area contributed by atoms with E-state index in [4.69, 9.17) is 5.73 Å². The van der Waals surface area contributed by atoms with Crippen LogP contribution in [-0.2, 0) is 5.54 Å². The van der Waals surface area contributed by atoms with E-state index in [1.54, 1.807) is 6.07 Å². The Morgan fingerprint density at radius 3 is 2.38 bits per heavy atom. The predicted octanol–water partition coefficient (Wildman–Crippen LogP) is 3.56. The molecular formula is C13H15BrFN. The van der Waals surface area contributed by atoms with E-state index in [9.17, 15) is 4.39 Å². The van der Waals surface area contributed by atoms with Crippen LogP contribution in [0.15, 0.2) is 22.7 Å². The standard InChI is InChI=1S/C13H15BrFN/c14-9-5-8(6-10(15)7-9)13(16)11-3-1-2-4-12(11)13/h5-7,11-12H,1-4,16H2. The number of fused-ring (bicyclic) bond motifs is 1. The second-order valence-electron chi connectivity index (χ2n) is 5.09. The van der Waals surface area contributed by atoms with E-state index in [1.807, 2.05) is 6.07 Å². The Bertz CT molecular complexity index is 400. The quantitative estimate of drug-likeness (QED) is 0.838. The third-order valence-corrected chi connectivity index (χ3v) is 4.70. The summed E-state index contributed by atoms with van der Waals surface area (Å²) >= 11 is 3.34. The zero-order valence-electron chi connectivity index (χ0n) is 9.05. The largest absolute Gasteiger partial charge is 0.321 e. The minimum atomic E-state index is -0.249. The van der Waals surface area contributed by atoms with E-state index in [0.29, 0.717) is 11.8 Å². The number of rotatable bonds is 1. The van der Waals surface area contributed by atoms with Gasteiger partial charge in [0.05, 0.1) is 0 Å². The lowest BCUT2D eigenvalue weighted by Crippen LogP contribution is -2.24. The minimum Gasteiger partial charge on any atom is -0.321 e. The van der Waals surface area contributed by atoms with Gasteiger partial charge in [0.25, 0.3) is 0 Å². The molecule has 0 spiro atoms. The summed E-state index contributed by atoms with van der Waals surface area (Å²) in [7, 11) is 0. The van der Waals surface area contributed by atoms with E-state index in [1.165, 1.54) is 31.7 Å². The molecule has 1 aromatic rings. The summed E-state index contributed by atoms with van der Waals surface area (Å²) in [5.41, 5.74) is 7.19. The maximum Gasteiger partial charge on any atom is 0.124 e. The highest BCUT2D eigenvalue weighted by atomic mass is 79.9. The summed E-state index contributed by atoms with van der Waals surface area (Å²) in [4.78, 5) is 0. The molecule has 2 aliphatic rings. The SMILES string of the molecule is NC1(c2cc(F)cc(Br)c2)C2CCCCC21. The van der Waals surface area contributed by atoms with Crippen molar-refractivity contribution >= 4 is 15.9 Å². The van der Waals surface area contributed by atoms with Crippen molar-refractivity contribution in [2.24, 2.45) is 17.6 Å². The van der Waals surface area contributed by atoms with Gasteiger partial charge in [-0.15, -0.1) is 0 Å². The molecule has 3 rings (SSSR count). The topological polar surface area (TPSA) is 26.0 Å². The van der Waals surface area contributed by atoms with Gasteiger partial charge in [0.15, 0.2) is 0 Å². The van der Waals surface area contributed by atoms with Gasteiger partial charge >= 0.3 is 0 Å². The molecule has 3 heteroatoms. The average Bonchev–Trinajstić information content (AvgIpc) is 2.86. The van der Waals surface area contributed by atoms with Crippen LogP contribution in [0.5, 0.6) is 0 Å². The average molecular weight is 284 g/mol. The lowest BCUT2D eigenvalue weighted by atomic mass is 10.0. The summed E-state index contributed by atoms with van der Waals surface area (Å²) in [5.74, 6) is 0.961. The first-order chi connectivity index (χ1) is 7.62. The van der Waals surface area contributed by atoms with Crippen molar-refractivity contribution in [3.63, 3.8) is 0 Å². The molecule has 2 atom stereocenters. The van der Waals surface area contributed by atoms with Gasteiger partial charge < -0.3 is 5.73 Å². The van der Waals surface area contributed by atoms with Crippen molar-refractivity contribution in [2.45, 2.75) is 31.2 Å². The molecule has 0 amide bonds. The highest BCUT2D eigenvalue weighted by Gasteiger charge is 2.62. The molecule has 0 saturated heterocycles. The molecule has 1 nitrogen and oxygen atoms in total. The van der Waals surface area contributed by atoms with Crippen LogP contribution in [0.4, 0.5) is 4.39 Å². The fraction of sp³-hybridized carbons (Fsp3) is 0.538. The van der Waals surface area contributed by atoms with Crippen molar-refractivity contribution in [1.82, 2.24) is 0 Å². The normalized spacial score (nSPS) is 36.9. The Hall–Kier alpha value is -0.410. The Labute approximate surface area is 103 Å². The summed E-state index contributed by atoms with van der Waals surface area (Å²) in [6, 6.07) is 5.06. The first kappa shape index (κ1) is 10.7. The van der Waals surface area contributed by atoms with Gasteiger partial charge in [-0.3, -0.25) is 0 Å². The van der Waals surface area contributed by atoms with Crippen LogP contribution in [0.3, 0.4) is 0 Å². The number of nitrogens with two attached hydrogens (primary N) is 1. The Morgan fingerprint density at radius 2 is 1.81 bits per heavy atom. The highest BCUT2D eigenvalue weighted by Crippen LogP contribution is 2.62. The third-order valence-electron chi connectivity index (χ3n) is 4.25. The Balaban J connectivity index is 1.98. The molecule has 0 radical (unpaired) electrons. The Kier molecular flexibility index (Phi) is 2.37. The van der Waals surface area contributed by atoms with Crippen molar-refractivity contribution in [3.8, 4) is 0 Å². The lowest BCUT2D eigenvalue weighted by Gasteiger charge is -2.13. The fourth-order valence-corrected chi connectivity index (χ4v) is 3.87. The van der Waals surface area contributed by atoms with Crippen LogP contribution in [0.25, 0.3) is 0 Å². The van der Waals surface area contributed by atoms with Gasteiger partial charge in [0.1, 0.15) is 5.82 Å². The number of hydrogen-bond donors (Lipinski definition) is 1. The molecule has 0 aliphatic heterocycles. The summed E-state index contributed by atoms with van der Waals surface area (Å²) in [5, 5.41) is 0. The van der Waals surface area contributed by atoms with Crippen LogP contribution < -0.4 is 5.73 Å². The number of hydrogen-bond acceptors (Lipinski definition) is 1. The van der Waals surface area contributed by atoms with E-state index < -0.39 is 0 Å². The van der Waals surface area contributed by atoms with Gasteiger partial charge in [-0.1, -0.05) is 28.8 Å². The molecule has 0 bridgehead atoms. The second-order valence-corrected chi connectivity index (χ2v) is 6.00. The zero-order valence-corrected chi connectivity index (χ0v) is 10.6. The molecule has 86 valence electrons. The Morgan fingerprint density at radius 1 is 1.19 bits per heavy atom. The van der Waals surface area contributed by atoms with Crippen molar-refractivity contribution in [1.29, 1.82) is 0 Å². The monoisotopic (exact) mass is 283 g/mol. The van der Waals surface area contributed by atoms with Crippen molar-refractivity contribution in [2.75, 3.05) is 0 Å². The van der Waals surface area contributed by atoms with Gasteiger partial charge in [-0.05, 0) is 48.4 Å². The second kappa shape index (κ2) is 3.54. The van der Waals surface area contributed by atoms with Crippen molar-refractivity contribution < 1.29 is 4.39 Å². The van der Waals surface area contributed by atoms with E-state index in [2.05, 4.69) is 15.9 Å². The summed E-state index contributed by atoms with van der Waals surface area (Å²) < 4.78 is 14.2. The molecule has 2 N–H and O–H groups in total. The highest BCUT2D eigenvalue weighted by molar-refractivity contribution is 9.10. The van der Waals surface area contributed by atoms with Crippen molar-refractivity contribution in [3.05, 3.63) is 34.1 Å². The molecule has 2 aliphatic carbocycles. The fourth-order valence-electron chi connectivity index (χ4n) is 3.40. The molecular weight excluding hydrogens is 269 g/mol. The molecule has 2 fully saturated rings. The predicted molar refractivity (Wildman–Crippen MR) is 65.4 cm³/mol. The molecule has 0 heterocycles. The first-order valence-electron chi connectivity index (χ1n) is 5.88. The van der Waals surface area contributed by atoms with Crippen LogP contribution >= 0.6 is 15.9 Å². The summed E-state index contributed by atoms with van der Waals surface area (Å²) in [6.45, 7) is 0. The molecule has 2 unspecified atom stereocenters. The van der Waals surface area contributed by atoms with Gasteiger partial charge in [0, 0.05) is 10.0 Å². The van der Waals surface area contributed by atoms with Gasteiger partial charge in [0.2, 0.25) is 0 Å². The van der Waals surface area contributed by atoms with Crippen LogP contribution in [-0.4, -0.2) is 0 Å². The van der Waals surface area contributed by atoms with E-state index in [0.717, 1.165) is 10.0 Å². The van der Waals surface area contributed by atoms with Gasteiger partial charge in [-0.2, -0.15) is 0 Å².